The number of ether oxygens (including phenoxy) is 1. The van der Waals surface area contributed by atoms with Gasteiger partial charge in [0.15, 0.2) is 0 Å². The number of carbonyl (C=O) groups excluding carboxylic acids is 1. The molecule has 0 spiro atoms. The molecular formula is C14H16FNO4. The van der Waals surface area contributed by atoms with Crippen molar-refractivity contribution in [2.75, 3.05) is 6.61 Å². The molecule has 0 aromatic heterocycles. The molecule has 20 heavy (non-hydrogen) atoms. The summed E-state index contributed by atoms with van der Waals surface area (Å²) in [7, 11) is 0. The highest BCUT2D eigenvalue weighted by atomic mass is 19.1. The average molecular weight is 281 g/mol. The first-order chi connectivity index (χ1) is 9.56. The molecule has 0 bridgehead atoms. The first-order valence-corrected chi connectivity index (χ1v) is 6.45. The van der Waals surface area contributed by atoms with E-state index in [1.807, 2.05) is 0 Å². The molecule has 1 fully saturated rings. The Morgan fingerprint density at radius 1 is 1.50 bits per heavy atom. The van der Waals surface area contributed by atoms with Gasteiger partial charge in [0.2, 0.25) is 5.91 Å². The summed E-state index contributed by atoms with van der Waals surface area (Å²) >= 11 is 0. The van der Waals surface area contributed by atoms with Gasteiger partial charge in [-0.15, -0.1) is 0 Å². The third-order valence-electron chi connectivity index (χ3n) is 3.17. The lowest BCUT2D eigenvalue weighted by atomic mass is 10.1. The largest absolute Gasteiger partial charge is 0.480 e. The molecule has 0 unspecified atom stereocenters. The normalized spacial score (nSPS) is 19.6. The van der Waals surface area contributed by atoms with Crippen LogP contribution in [-0.2, 0) is 20.7 Å². The van der Waals surface area contributed by atoms with Gasteiger partial charge >= 0.3 is 5.97 Å². The van der Waals surface area contributed by atoms with E-state index in [4.69, 9.17) is 9.84 Å². The predicted molar refractivity (Wildman–Crippen MR) is 68.6 cm³/mol. The number of benzene rings is 1. The Labute approximate surface area is 115 Å². The topological polar surface area (TPSA) is 75.6 Å². The zero-order valence-electron chi connectivity index (χ0n) is 10.8. The second-order valence-electron chi connectivity index (χ2n) is 4.74. The van der Waals surface area contributed by atoms with Crippen LogP contribution in [0.3, 0.4) is 0 Å². The molecule has 6 heteroatoms. The SMILES string of the molecule is O=C(N[C@H](Cc1cccc(F)c1)C(=O)O)[C@@H]1CCCO1. The predicted octanol–water partition coefficient (Wildman–Crippen LogP) is 1.12. The molecule has 0 saturated carbocycles. The summed E-state index contributed by atoms with van der Waals surface area (Å²) in [5, 5.41) is 11.6. The Hall–Kier alpha value is -1.95. The Balaban J connectivity index is 2.00. The van der Waals surface area contributed by atoms with Gasteiger partial charge in [0.05, 0.1) is 0 Å². The number of rotatable bonds is 5. The number of halogens is 1. The smallest absolute Gasteiger partial charge is 0.326 e. The zero-order valence-corrected chi connectivity index (χ0v) is 10.8. The van der Waals surface area contributed by atoms with E-state index in [-0.39, 0.29) is 6.42 Å². The van der Waals surface area contributed by atoms with E-state index < -0.39 is 29.8 Å². The Morgan fingerprint density at radius 3 is 2.90 bits per heavy atom. The Kier molecular flexibility index (Phi) is 4.68. The summed E-state index contributed by atoms with van der Waals surface area (Å²) in [6.45, 7) is 0.514. The van der Waals surface area contributed by atoms with Crippen LogP contribution in [0.4, 0.5) is 4.39 Å². The van der Waals surface area contributed by atoms with Crippen molar-refractivity contribution in [3.8, 4) is 0 Å². The van der Waals surface area contributed by atoms with Gasteiger partial charge < -0.3 is 15.2 Å². The third-order valence-corrected chi connectivity index (χ3v) is 3.17. The average Bonchev–Trinajstić information content (AvgIpc) is 2.91. The fourth-order valence-electron chi connectivity index (χ4n) is 2.15. The van der Waals surface area contributed by atoms with E-state index in [1.165, 1.54) is 18.2 Å². The van der Waals surface area contributed by atoms with Crippen LogP contribution in [0.15, 0.2) is 24.3 Å². The van der Waals surface area contributed by atoms with Crippen molar-refractivity contribution in [3.05, 3.63) is 35.6 Å². The lowest BCUT2D eigenvalue weighted by molar-refractivity contribution is -0.143. The minimum atomic E-state index is -1.15. The molecule has 1 aromatic rings. The molecule has 2 rings (SSSR count). The molecule has 0 aliphatic carbocycles. The fraction of sp³-hybridized carbons (Fsp3) is 0.429. The zero-order chi connectivity index (χ0) is 14.5. The first-order valence-electron chi connectivity index (χ1n) is 6.45. The van der Waals surface area contributed by atoms with Crippen molar-refractivity contribution < 1.29 is 23.8 Å². The summed E-state index contributed by atoms with van der Waals surface area (Å²) in [4.78, 5) is 23.0. The number of hydrogen-bond donors (Lipinski definition) is 2. The van der Waals surface area contributed by atoms with Crippen molar-refractivity contribution in [1.82, 2.24) is 5.32 Å². The second-order valence-corrected chi connectivity index (χ2v) is 4.74. The summed E-state index contributed by atoms with van der Waals surface area (Å²) < 4.78 is 18.3. The second kappa shape index (κ2) is 6.47. The number of aliphatic carboxylic acids is 1. The molecule has 5 nitrogen and oxygen atoms in total. The molecule has 108 valence electrons. The van der Waals surface area contributed by atoms with Crippen molar-refractivity contribution in [2.24, 2.45) is 0 Å². The number of carboxylic acid groups (broad SMARTS) is 1. The fourth-order valence-corrected chi connectivity index (χ4v) is 2.15. The van der Waals surface area contributed by atoms with Crippen LogP contribution in [-0.4, -0.2) is 35.7 Å². The van der Waals surface area contributed by atoms with Gasteiger partial charge in [0.25, 0.3) is 0 Å². The first kappa shape index (κ1) is 14.5. The van der Waals surface area contributed by atoms with Gasteiger partial charge in [-0.05, 0) is 30.5 Å². The molecule has 1 aliphatic rings. The lowest BCUT2D eigenvalue weighted by Gasteiger charge is -2.17. The van der Waals surface area contributed by atoms with Crippen LogP contribution >= 0.6 is 0 Å². The Bertz CT molecular complexity index is 500. The van der Waals surface area contributed by atoms with Crippen molar-refractivity contribution in [3.63, 3.8) is 0 Å². The van der Waals surface area contributed by atoms with E-state index in [9.17, 15) is 14.0 Å². The van der Waals surface area contributed by atoms with Crippen LogP contribution < -0.4 is 5.32 Å². The highest BCUT2D eigenvalue weighted by Gasteiger charge is 2.28. The van der Waals surface area contributed by atoms with Crippen LogP contribution in [0.2, 0.25) is 0 Å². The van der Waals surface area contributed by atoms with Gasteiger partial charge in [-0.3, -0.25) is 4.79 Å². The molecular weight excluding hydrogens is 265 g/mol. The lowest BCUT2D eigenvalue weighted by Crippen LogP contribution is -2.46. The maximum atomic E-state index is 13.1. The quantitative estimate of drug-likeness (QED) is 0.848. The highest BCUT2D eigenvalue weighted by molar-refractivity contribution is 5.86. The monoisotopic (exact) mass is 281 g/mol. The van der Waals surface area contributed by atoms with Gasteiger partial charge in [-0.25, -0.2) is 9.18 Å². The van der Waals surface area contributed by atoms with Gasteiger partial charge in [0, 0.05) is 13.0 Å². The van der Waals surface area contributed by atoms with Crippen LogP contribution in [0.25, 0.3) is 0 Å². The van der Waals surface area contributed by atoms with E-state index >= 15 is 0 Å². The van der Waals surface area contributed by atoms with Crippen LogP contribution in [0.5, 0.6) is 0 Å². The molecule has 1 aromatic carbocycles. The number of hydrogen-bond acceptors (Lipinski definition) is 3. The van der Waals surface area contributed by atoms with Gasteiger partial charge in [0.1, 0.15) is 18.0 Å². The number of carbonyl (C=O) groups is 2. The molecule has 0 radical (unpaired) electrons. The van der Waals surface area contributed by atoms with E-state index in [1.54, 1.807) is 6.07 Å². The van der Waals surface area contributed by atoms with Gasteiger partial charge in [-0.1, -0.05) is 12.1 Å². The minimum Gasteiger partial charge on any atom is -0.480 e. The molecule has 2 N–H and O–H groups in total. The Morgan fingerprint density at radius 2 is 2.30 bits per heavy atom. The maximum Gasteiger partial charge on any atom is 0.326 e. The van der Waals surface area contributed by atoms with E-state index in [2.05, 4.69) is 5.32 Å². The summed E-state index contributed by atoms with van der Waals surface area (Å²) in [5.41, 5.74) is 0.519. The minimum absolute atomic E-state index is 0.0333. The third kappa shape index (κ3) is 3.77. The molecule has 2 atom stereocenters. The van der Waals surface area contributed by atoms with Crippen molar-refractivity contribution in [2.45, 2.75) is 31.4 Å². The van der Waals surface area contributed by atoms with Crippen LogP contribution in [0, 0.1) is 5.82 Å². The van der Waals surface area contributed by atoms with Crippen molar-refractivity contribution in [1.29, 1.82) is 0 Å². The van der Waals surface area contributed by atoms with E-state index in [0.29, 0.717) is 18.6 Å². The number of carboxylic acids is 1. The van der Waals surface area contributed by atoms with Gasteiger partial charge in [-0.2, -0.15) is 0 Å². The van der Waals surface area contributed by atoms with Crippen molar-refractivity contribution >= 4 is 11.9 Å². The summed E-state index contributed by atoms with van der Waals surface area (Å²) in [6.07, 6.45) is 0.841. The number of nitrogens with one attached hydrogen (secondary N) is 1. The maximum absolute atomic E-state index is 13.1. The molecule has 1 aliphatic heterocycles. The molecule has 1 saturated heterocycles. The summed E-state index contributed by atoms with van der Waals surface area (Å²) in [5.74, 6) is -2.01. The number of amides is 1. The molecule has 1 heterocycles. The van der Waals surface area contributed by atoms with E-state index in [0.717, 1.165) is 6.42 Å². The summed E-state index contributed by atoms with van der Waals surface area (Å²) in [6, 6.07) is 4.58. The molecule has 1 amide bonds. The highest BCUT2D eigenvalue weighted by Crippen LogP contribution is 2.13. The van der Waals surface area contributed by atoms with Crippen LogP contribution in [0.1, 0.15) is 18.4 Å². The standard InChI is InChI=1S/C14H16FNO4/c15-10-4-1-3-9(7-10)8-11(14(18)19)16-13(17)12-5-2-6-20-12/h1,3-4,7,11-12H,2,5-6,8H2,(H,16,17)(H,18,19)/t11-,12+/m1/s1.